The van der Waals surface area contributed by atoms with Crippen LogP contribution in [0, 0.1) is 0 Å². The highest BCUT2D eigenvalue weighted by Crippen LogP contribution is 2.31. The van der Waals surface area contributed by atoms with Gasteiger partial charge in [0.25, 0.3) is 0 Å². The van der Waals surface area contributed by atoms with Gasteiger partial charge < -0.3 is 10.1 Å². The first-order chi connectivity index (χ1) is 12.2. The minimum absolute atomic E-state index is 0.279. The molecule has 0 spiro atoms. The smallest absolute Gasteiger partial charge is 0.225 e. The highest BCUT2D eigenvalue weighted by Gasteiger charge is 2.27. The summed E-state index contributed by atoms with van der Waals surface area (Å²) in [5, 5.41) is 5.56. The molecule has 2 aliphatic rings. The predicted octanol–water partition coefficient (Wildman–Crippen LogP) is 3.69. The first kappa shape index (κ1) is 17.9. The molecule has 4 rings (SSSR count). The minimum atomic E-state index is 0.279. The number of rotatable bonds is 4. The Kier molecular flexibility index (Phi) is 5.71. The Morgan fingerprint density at radius 2 is 1.92 bits per heavy atom. The van der Waals surface area contributed by atoms with Crippen molar-refractivity contribution in [3.8, 4) is 0 Å². The Balaban J connectivity index is 1.43. The summed E-state index contributed by atoms with van der Waals surface area (Å²) in [6.45, 7) is 3.88. The molecular weight excluding hydrogens is 426 g/mol. The van der Waals surface area contributed by atoms with Crippen LogP contribution in [0.2, 0.25) is 5.28 Å². The average Bonchev–Trinajstić information content (AvgIpc) is 3.06. The molecule has 1 aliphatic carbocycles. The van der Waals surface area contributed by atoms with Crippen molar-refractivity contribution in [1.82, 2.24) is 19.9 Å². The molecule has 2 fully saturated rings. The maximum Gasteiger partial charge on any atom is 0.225 e. The maximum absolute atomic E-state index is 6.11. The second kappa shape index (κ2) is 8.00. The summed E-state index contributed by atoms with van der Waals surface area (Å²) in [7, 11) is 0. The number of nitrogens with one attached hydrogen (secondary N) is 1. The van der Waals surface area contributed by atoms with Crippen molar-refractivity contribution in [2.24, 2.45) is 0 Å². The lowest BCUT2D eigenvalue weighted by Gasteiger charge is -2.39. The van der Waals surface area contributed by atoms with Crippen LogP contribution in [0.3, 0.4) is 0 Å². The molecule has 0 radical (unpaired) electrons. The van der Waals surface area contributed by atoms with Crippen LogP contribution in [-0.4, -0.2) is 58.2 Å². The molecular formula is C16H21BrClN5OS. The lowest BCUT2D eigenvalue weighted by molar-refractivity contribution is 0.00791. The third-order valence-corrected chi connectivity index (χ3v) is 7.01. The number of morpholine rings is 1. The summed E-state index contributed by atoms with van der Waals surface area (Å²) in [5.74, 6) is 0.772. The van der Waals surface area contributed by atoms with Gasteiger partial charge in [0.2, 0.25) is 5.28 Å². The van der Waals surface area contributed by atoms with Gasteiger partial charge in [0, 0.05) is 25.2 Å². The van der Waals surface area contributed by atoms with E-state index >= 15 is 0 Å². The predicted molar refractivity (Wildman–Crippen MR) is 105 cm³/mol. The summed E-state index contributed by atoms with van der Waals surface area (Å²) in [6, 6.07) is 1.11. The zero-order valence-corrected chi connectivity index (χ0v) is 17.0. The number of fused-ring (bicyclic) bond motifs is 1. The van der Waals surface area contributed by atoms with Gasteiger partial charge >= 0.3 is 0 Å². The number of halogens is 2. The number of hydrogen-bond acceptors (Lipinski definition) is 7. The van der Waals surface area contributed by atoms with Crippen molar-refractivity contribution in [2.75, 3.05) is 31.6 Å². The Bertz CT molecular complexity index is 731. The van der Waals surface area contributed by atoms with Crippen LogP contribution in [0.5, 0.6) is 0 Å². The normalized spacial score (nSPS) is 25.4. The van der Waals surface area contributed by atoms with Crippen molar-refractivity contribution < 1.29 is 4.74 Å². The van der Waals surface area contributed by atoms with Crippen molar-refractivity contribution in [3.05, 3.63) is 10.3 Å². The van der Waals surface area contributed by atoms with Gasteiger partial charge in [-0.2, -0.15) is 4.98 Å². The van der Waals surface area contributed by atoms with Crippen molar-refractivity contribution in [2.45, 2.75) is 43.1 Å². The van der Waals surface area contributed by atoms with E-state index in [1.807, 2.05) is 0 Å². The first-order valence-corrected chi connectivity index (χ1v) is 11.0. The van der Waals surface area contributed by atoms with Gasteiger partial charge in [-0.05, 0) is 37.3 Å². The van der Waals surface area contributed by atoms with Gasteiger partial charge in [-0.15, -0.1) is 0 Å². The number of hydrogen-bond donors (Lipinski definition) is 1. The van der Waals surface area contributed by atoms with Crippen LogP contribution in [0.4, 0.5) is 5.82 Å². The summed E-state index contributed by atoms with van der Waals surface area (Å²) in [4.78, 5) is 16.8. The summed E-state index contributed by atoms with van der Waals surface area (Å²) in [5.41, 5.74) is 0.833. The van der Waals surface area contributed by atoms with Gasteiger partial charge in [0.1, 0.15) is 10.5 Å². The molecule has 0 amide bonds. The molecule has 9 heteroatoms. The first-order valence-electron chi connectivity index (χ1n) is 8.70. The highest BCUT2D eigenvalue weighted by molar-refractivity contribution is 9.08. The van der Waals surface area contributed by atoms with Crippen LogP contribution in [-0.2, 0) is 10.1 Å². The number of alkyl halides is 1. The van der Waals surface area contributed by atoms with E-state index in [0.717, 1.165) is 65.6 Å². The van der Waals surface area contributed by atoms with Gasteiger partial charge in [-0.3, -0.25) is 4.90 Å². The summed E-state index contributed by atoms with van der Waals surface area (Å²) >= 11 is 11.1. The third kappa shape index (κ3) is 4.08. The number of thiazole rings is 1. The monoisotopic (exact) mass is 445 g/mol. The van der Waals surface area contributed by atoms with E-state index in [2.05, 4.69) is 41.1 Å². The fourth-order valence-corrected chi connectivity index (χ4v) is 5.19. The molecule has 2 aromatic rings. The summed E-state index contributed by atoms with van der Waals surface area (Å²) < 4.78 is 5.46. The molecule has 0 bridgehead atoms. The standard InChI is InChI=1S/C16H21BrClN5OS/c17-9-12-20-13-14(21-16(18)22-15(13)25-12)19-10-1-3-11(4-2-10)23-5-7-24-8-6-23/h10-11H,1-9H2,(H,19,21,22)/t10-,11-. The maximum atomic E-state index is 6.11. The molecule has 0 aromatic carbocycles. The molecule has 0 unspecified atom stereocenters. The van der Waals surface area contributed by atoms with Crippen molar-refractivity contribution in [1.29, 1.82) is 0 Å². The number of anilines is 1. The summed E-state index contributed by atoms with van der Waals surface area (Å²) in [6.07, 6.45) is 4.70. The Morgan fingerprint density at radius 3 is 2.64 bits per heavy atom. The van der Waals surface area contributed by atoms with E-state index in [9.17, 15) is 0 Å². The number of aromatic nitrogens is 3. The van der Waals surface area contributed by atoms with E-state index in [4.69, 9.17) is 16.3 Å². The molecule has 0 atom stereocenters. The van der Waals surface area contributed by atoms with Gasteiger partial charge in [0.05, 0.1) is 18.5 Å². The van der Waals surface area contributed by atoms with Crippen molar-refractivity contribution in [3.63, 3.8) is 0 Å². The molecule has 6 nitrogen and oxygen atoms in total. The molecule has 1 N–H and O–H groups in total. The van der Waals surface area contributed by atoms with Crippen LogP contribution >= 0.6 is 38.9 Å². The molecule has 25 heavy (non-hydrogen) atoms. The van der Waals surface area contributed by atoms with Gasteiger partial charge in [0.15, 0.2) is 10.6 Å². The van der Waals surface area contributed by atoms with Gasteiger partial charge in [-0.1, -0.05) is 27.3 Å². The second-order valence-electron chi connectivity index (χ2n) is 6.53. The molecule has 1 aliphatic heterocycles. The van der Waals surface area contributed by atoms with Crippen LogP contribution in [0.25, 0.3) is 10.3 Å². The van der Waals surface area contributed by atoms with Crippen LogP contribution in [0.1, 0.15) is 30.7 Å². The molecule has 2 aromatic heterocycles. The Morgan fingerprint density at radius 1 is 1.16 bits per heavy atom. The SMILES string of the molecule is Clc1nc(N[C@H]2CC[C@H](N3CCOCC3)CC2)c2nc(CBr)sc2n1. The molecule has 1 saturated heterocycles. The average molecular weight is 447 g/mol. The largest absolute Gasteiger partial charge is 0.379 e. The quantitative estimate of drug-likeness (QED) is 0.571. The van der Waals surface area contributed by atoms with Gasteiger partial charge in [-0.25, -0.2) is 9.97 Å². The fourth-order valence-electron chi connectivity index (χ4n) is 3.72. The van der Waals surface area contributed by atoms with E-state index in [1.54, 1.807) is 11.3 Å². The fraction of sp³-hybridized carbons (Fsp3) is 0.688. The zero-order chi connectivity index (χ0) is 17.2. The van der Waals surface area contributed by atoms with Crippen molar-refractivity contribution >= 4 is 55.0 Å². The molecule has 136 valence electrons. The van der Waals surface area contributed by atoms with E-state index in [0.29, 0.717) is 12.1 Å². The van der Waals surface area contributed by atoms with Crippen LogP contribution in [0.15, 0.2) is 0 Å². The lowest BCUT2D eigenvalue weighted by Crippen LogP contribution is -2.46. The number of ether oxygens (including phenoxy) is 1. The third-order valence-electron chi connectivity index (χ3n) is 4.99. The molecule has 3 heterocycles. The minimum Gasteiger partial charge on any atom is -0.379 e. The number of nitrogens with zero attached hydrogens (tertiary/aromatic N) is 4. The Labute approximate surface area is 164 Å². The topological polar surface area (TPSA) is 63.2 Å². The van der Waals surface area contributed by atoms with E-state index in [1.165, 1.54) is 12.8 Å². The highest BCUT2D eigenvalue weighted by atomic mass is 79.9. The van der Waals surface area contributed by atoms with E-state index < -0.39 is 0 Å². The second-order valence-corrected chi connectivity index (χ2v) is 8.50. The van der Waals surface area contributed by atoms with Crippen LogP contribution < -0.4 is 5.32 Å². The zero-order valence-electron chi connectivity index (χ0n) is 13.9. The Hall–Kier alpha value is -0.540. The van der Waals surface area contributed by atoms with E-state index in [-0.39, 0.29) is 5.28 Å². The lowest BCUT2D eigenvalue weighted by atomic mass is 9.90. The molecule has 1 saturated carbocycles.